The van der Waals surface area contributed by atoms with Gasteiger partial charge in [0.25, 0.3) is 0 Å². The van der Waals surface area contributed by atoms with Gasteiger partial charge in [-0.25, -0.2) is 9.59 Å². The van der Waals surface area contributed by atoms with E-state index in [0.29, 0.717) is 52.1 Å². The third kappa shape index (κ3) is 8.51. The number of nitrogens with one attached hydrogen (secondary N) is 2. The minimum Gasteiger partial charge on any atom is -0.460 e. The van der Waals surface area contributed by atoms with Gasteiger partial charge in [0.2, 0.25) is 11.8 Å². The van der Waals surface area contributed by atoms with Gasteiger partial charge in [0.05, 0.1) is 39.3 Å². The molecule has 0 unspecified atom stereocenters. The van der Waals surface area contributed by atoms with Gasteiger partial charge in [0.1, 0.15) is 24.3 Å². The molecule has 2 heterocycles. The number of hydrogen-bond donors (Lipinski definition) is 2. The number of aryl methyl sites for hydroxylation is 4. The van der Waals surface area contributed by atoms with Crippen LogP contribution in [-0.2, 0) is 60.4 Å². The first-order chi connectivity index (χ1) is 24.8. The molecular weight excluding hydrogens is 668 g/mol. The molecule has 0 atom stereocenters. The van der Waals surface area contributed by atoms with Crippen LogP contribution in [0.3, 0.4) is 0 Å². The summed E-state index contributed by atoms with van der Waals surface area (Å²) in [7, 11) is 0. The average molecular weight is 721 g/mol. The molecule has 2 aromatic rings. The van der Waals surface area contributed by atoms with Crippen LogP contribution in [0, 0.1) is 27.7 Å². The first kappa shape index (κ1) is 37.9. The predicted octanol–water partition coefficient (Wildman–Crippen LogP) is 4.14. The highest BCUT2D eigenvalue weighted by molar-refractivity contribution is 5.90. The molecule has 4 aliphatic rings. The maximum Gasteiger partial charge on any atom is 0.331 e. The third-order valence-corrected chi connectivity index (χ3v) is 11.2. The molecule has 2 N–H and O–H groups in total. The summed E-state index contributed by atoms with van der Waals surface area (Å²) >= 11 is 0. The minimum absolute atomic E-state index is 0.118. The van der Waals surface area contributed by atoms with Crippen LogP contribution in [0.4, 0.5) is 0 Å². The third-order valence-electron chi connectivity index (χ3n) is 11.2. The lowest BCUT2D eigenvalue weighted by Crippen LogP contribution is -2.60. The highest BCUT2D eigenvalue weighted by atomic mass is 16.7. The minimum atomic E-state index is -1.29. The van der Waals surface area contributed by atoms with Crippen LogP contribution >= 0.6 is 0 Å². The molecule has 12 nitrogen and oxygen atoms in total. The van der Waals surface area contributed by atoms with E-state index >= 15 is 0 Å². The fourth-order valence-electron chi connectivity index (χ4n) is 7.94. The van der Waals surface area contributed by atoms with Crippen LogP contribution < -0.4 is 10.6 Å². The van der Waals surface area contributed by atoms with Crippen molar-refractivity contribution in [2.24, 2.45) is 0 Å². The summed E-state index contributed by atoms with van der Waals surface area (Å²) < 4.78 is 35.0. The van der Waals surface area contributed by atoms with Gasteiger partial charge >= 0.3 is 11.9 Å². The van der Waals surface area contributed by atoms with Crippen molar-refractivity contribution in [1.82, 2.24) is 10.6 Å². The molecule has 2 aliphatic heterocycles. The Bertz CT molecular complexity index is 1520. The van der Waals surface area contributed by atoms with Crippen molar-refractivity contribution in [2.45, 2.75) is 115 Å². The Morgan fingerprint density at radius 3 is 1.25 bits per heavy atom. The Morgan fingerprint density at radius 1 is 0.558 bits per heavy atom. The summed E-state index contributed by atoms with van der Waals surface area (Å²) in [5.41, 5.74) is 3.26. The molecule has 12 heteroatoms. The zero-order valence-corrected chi connectivity index (χ0v) is 30.9. The van der Waals surface area contributed by atoms with Crippen LogP contribution in [0.2, 0.25) is 0 Å². The zero-order chi connectivity index (χ0) is 37.0. The van der Waals surface area contributed by atoms with E-state index in [2.05, 4.69) is 10.6 Å². The number of benzene rings is 2. The van der Waals surface area contributed by atoms with Crippen molar-refractivity contribution < 1.29 is 47.6 Å². The summed E-state index contributed by atoms with van der Waals surface area (Å²) in [6.45, 7) is 9.34. The molecule has 2 saturated heterocycles. The molecule has 0 radical (unpaired) electrons. The number of amides is 2. The highest BCUT2D eigenvalue weighted by Crippen LogP contribution is 2.42. The number of esters is 2. The van der Waals surface area contributed by atoms with Gasteiger partial charge in [-0.15, -0.1) is 0 Å². The molecule has 52 heavy (non-hydrogen) atoms. The molecule has 2 aromatic carbocycles. The van der Waals surface area contributed by atoms with Gasteiger partial charge < -0.3 is 39.1 Å². The second-order valence-corrected chi connectivity index (χ2v) is 15.0. The first-order valence-electron chi connectivity index (χ1n) is 18.5. The molecule has 4 fully saturated rings. The van der Waals surface area contributed by atoms with Crippen molar-refractivity contribution in [2.75, 3.05) is 39.6 Å². The maximum absolute atomic E-state index is 13.8. The summed E-state index contributed by atoms with van der Waals surface area (Å²) in [5, 5.41) is 6.02. The molecule has 2 spiro atoms. The first-order valence-corrected chi connectivity index (χ1v) is 18.5. The Kier molecular flexibility index (Phi) is 11.4. The molecule has 0 bridgehead atoms. The van der Waals surface area contributed by atoms with E-state index in [1.807, 2.05) is 64.1 Å². The van der Waals surface area contributed by atoms with Gasteiger partial charge in [-0.2, -0.15) is 0 Å². The Morgan fingerprint density at radius 2 is 0.904 bits per heavy atom. The van der Waals surface area contributed by atoms with Gasteiger partial charge in [0.15, 0.2) is 11.6 Å². The second-order valence-electron chi connectivity index (χ2n) is 15.0. The number of carbonyl (C=O) groups excluding carboxylic acids is 4. The van der Waals surface area contributed by atoms with E-state index in [4.69, 9.17) is 28.4 Å². The number of rotatable bonds is 11. The Balaban J connectivity index is 1.09. The summed E-state index contributed by atoms with van der Waals surface area (Å²) in [4.78, 5) is 54.5. The van der Waals surface area contributed by atoms with Gasteiger partial charge in [0, 0.05) is 25.7 Å². The Hall–Kier alpha value is -3.84. The average Bonchev–Trinajstić information content (AvgIpc) is 3.79. The number of hydrogen-bond acceptors (Lipinski definition) is 10. The fourth-order valence-corrected chi connectivity index (χ4v) is 7.94. The molecule has 2 amide bonds. The largest absolute Gasteiger partial charge is 0.460 e. The normalized spacial score (nSPS) is 22.9. The van der Waals surface area contributed by atoms with E-state index in [1.165, 1.54) is 0 Å². The van der Waals surface area contributed by atoms with Crippen molar-refractivity contribution >= 4 is 23.8 Å². The quantitative estimate of drug-likeness (QED) is 0.257. The van der Waals surface area contributed by atoms with Crippen molar-refractivity contribution in [1.29, 1.82) is 0 Å². The predicted molar refractivity (Wildman–Crippen MR) is 189 cm³/mol. The molecule has 0 aromatic heterocycles. The van der Waals surface area contributed by atoms with Gasteiger partial charge in [-0.1, -0.05) is 47.5 Å². The number of carbonyl (C=O) groups is 4. The van der Waals surface area contributed by atoms with Crippen LogP contribution in [0.25, 0.3) is 0 Å². The lowest BCUT2D eigenvalue weighted by Gasteiger charge is -2.42. The molecular formula is C40H52N2O10. The summed E-state index contributed by atoms with van der Waals surface area (Å²) in [6.07, 6.45) is 2.98. The molecule has 6 rings (SSSR count). The van der Waals surface area contributed by atoms with Crippen LogP contribution in [0.5, 0.6) is 0 Å². The lowest BCUT2D eigenvalue weighted by atomic mass is 9.78. The van der Waals surface area contributed by atoms with Crippen LogP contribution in [0.1, 0.15) is 84.7 Å². The van der Waals surface area contributed by atoms with Gasteiger partial charge in [-0.05, 0) is 75.6 Å². The molecule has 2 saturated carbocycles. The van der Waals surface area contributed by atoms with Crippen molar-refractivity contribution in [3.05, 3.63) is 69.8 Å². The molecule has 282 valence electrons. The summed E-state index contributed by atoms with van der Waals surface area (Å²) in [6, 6.07) is 11.9. The second kappa shape index (κ2) is 15.6. The smallest absolute Gasteiger partial charge is 0.331 e. The maximum atomic E-state index is 13.8. The van der Waals surface area contributed by atoms with Crippen LogP contribution in [0.15, 0.2) is 36.4 Å². The van der Waals surface area contributed by atoms with Crippen LogP contribution in [-0.4, -0.2) is 86.0 Å². The topological polar surface area (TPSA) is 148 Å². The Labute approximate surface area is 305 Å². The highest BCUT2D eigenvalue weighted by Gasteiger charge is 2.53. The SMILES string of the molecule is Cc1ccc(C)c(CC(=O)NC2(C(=O)OCCOC(=O)C3(NC(=O)Cc4cc(C)ccc4C)CCC4(CC3)OCCO4)CCC3(CC2)OCCO3)c1. The molecule has 2 aliphatic carbocycles. The lowest BCUT2D eigenvalue weighted by molar-refractivity contribution is -0.196. The standard InChI is InChI=1S/C40H52N2O10/c1-27-5-7-29(3)31(23-27)25-33(43)41-37(9-13-39(14-10-37)49-19-20-50-39)35(45)47-17-18-48-36(46)38(11-15-40(16-12-38)51-21-22-52-40)42-34(44)26-32-24-28(2)6-8-30(32)4/h5-8,23-24H,9-22,25-26H2,1-4H3,(H,41,43)(H,42,44). The summed E-state index contributed by atoms with van der Waals surface area (Å²) in [5.74, 6) is -3.30. The van der Waals surface area contributed by atoms with E-state index in [-0.39, 0.29) is 63.6 Å². The van der Waals surface area contributed by atoms with E-state index in [0.717, 1.165) is 33.4 Å². The van der Waals surface area contributed by atoms with Crippen molar-refractivity contribution in [3.63, 3.8) is 0 Å². The van der Waals surface area contributed by atoms with Crippen molar-refractivity contribution in [3.8, 4) is 0 Å². The van der Waals surface area contributed by atoms with E-state index in [9.17, 15) is 19.2 Å². The van der Waals surface area contributed by atoms with E-state index < -0.39 is 34.6 Å². The zero-order valence-electron chi connectivity index (χ0n) is 30.9. The number of ether oxygens (including phenoxy) is 6. The van der Waals surface area contributed by atoms with E-state index in [1.54, 1.807) is 0 Å². The fraction of sp³-hybridized carbons (Fsp3) is 0.600. The van der Waals surface area contributed by atoms with Gasteiger partial charge in [-0.3, -0.25) is 9.59 Å². The monoisotopic (exact) mass is 720 g/mol.